The van der Waals surface area contributed by atoms with E-state index in [1.807, 2.05) is 27.7 Å². The van der Waals surface area contributed by atoms with Crippen LogP contribution in [0, 0.1) is 17.8 Å². The van der Waals surface area contributed by atoms with Crippen molar-refractivity contribution in [2.45, 2.75) is 245 Å². The average Bonchev–Trinajstić information content (AvgIpc) is 0.862. The number of likely N-dealkylation sites (N-methyl/N-ethyl adjacent to an activating group) is 1. The second kappa shape index (κ2) is 66.4. The molecule has 0 fully saturated rings. The predicted octanol–water partition coefficient (Wildman–Crippen LogP) is -1.44. The van der Waals surface area contributed by atoms with Crippen molar-refractivity contribution in [3.8, 4) is 0 Å². The van der Waals surface area contributed by atoms with Gasteiger partial charge in [-0.05, 0) is 141 Å². The van der Waals surface area contributed by atoms with Crippen LogP contribution in [0.15, 0.2) is 91.0 Å². The summed E-state index contributed by atoms with van der Waals surface area (Å²) in [5.74, 6) is -14.4. The van der Waals surface area contributed by atoms with E-state index in [9.17, 15) is 101 Å². The van der Waals surface area contributed by atoms with Crippen molar-refractivity contribution >= 4 is 154 Å². The van der Waals surface area contributed by atoms with Crippen LogP contribution < -0.4 is 95.7 Å². The smallest absolute Gasteiger partial charge is 0.408 e. The molecule has 11 unspecified atom stereocenters. The zero-order valence-electron chi connectivity index (χ0n) is 84.8. The molecule has 142 heavy (non-hydrogen) atoms. The number of amides is 18. The topological polar surface area (TPSA) is 612 Å². The zero-order valence-corrected chi connectivity index (χ0v) is 86.6. The third-order valence-electron chi connectivity index (χ3n) is 20.6. The maximum Gasteiger partial charge on any atom is 0.408 e. The molecular weight excluding hydrogens is 1880 g/mol. The van der Waals surface area contributed by atoms with Gasteiger partial charge >= 0.3 is 12.1 Å². The van der Waals surface area contributed by atoms with Gasteiger partial charge in [0.05, 0.1) is 52.5 Å². The summed E-state index contributed by atoms with van der Waals surface area (Å²) in [4.78, 5) is 284. The van der Waals surface area contributed by atoms with Gasteiger partial charge in [0.15, 0.2) is 11.0 Å². The number of hydrogen-bond acceptors (Lipinski definition) is 25. The largest absolute Gasteiger partial charge is 0.458 e. The molecule has 0 aliphatic carbocycles. The number of unbranched alkanes of at least 4 members (excludes halogenated alkanes) is 1. The van der Waals surface area contributed by atoms with E-state index >= 15 is 0 Å². The first-order valence-electron chi connectivity index (χ1n) is 47.6. The molecule has 0 heterocycles. The molecule has 0 spiro atoms. The van der Waals surface area contributed by atoms with Crippen LogP contribution in [0.3, 0.4) is 0 Å². The number of benzene rings is 3. The predicted molar refractivity (Wildman–Crippen MR) is 537 cm³/mol. The minimum atomic E-state index is -1.68. The van der Waals surface area contributed by atoms with Gasteiger partial charge in [-0.1, -0.05) is 148 Å². The molecule has 11 atom stereocenters. The molecule has 43 nitrogen and oxygen atoms in total. The van der Waals surface area contributed by atoms with Gasteiger partial charge < -0.3 is 115 Å². The Morgan fingerprint density at radius 3 is 1.05 bits per heavy atom. The first kappa shape index (κ1) is 124. The Morgan fingerprint density at radius 1 is 0.310 bits per heavy atom. The van der Waals surface area contributed by atoms with Crippen LogP contribution in [0.25, 0.3) is 0 Å². The van der Waals surface area contributed by atoms with Crippen LogP contribution in [0.5, 0.6) is 0 Å². The fourth-order valence-corrected chi connectivity index (χ4v) is 14.2. The second-order valence-electron chi connectivity index (χ2n) is 37.5. The molecule has 0 radical (unpaired) electrons. The van der Waals surface area contributed by atoms with E-state index in [2.05, 4.69) is 95.7 Å². The van der Waals surface area contributed by atoms with Crippen LogP contribution in [-0.4, -0.2) is 303 Å². The van der Waals surface area contributed by atoms with Gasteiger partial charge in [0, 0.05) is 65.1 Å². The fourth-order valence-electron chi connectivity index (χ4n) is 13.4. The molecule has 18 N–H and O–H groups in total. The number of nitrogens with one attached hydrogen (secondary N) is 18. The Labute approximate surface area is 835 Å². The van der Waals surface area contributed by atoms with Gasteiger partial charge in [-0.15, -0.1) is 0 Å². The molecular formula is C95H148B2N18O25P2. The van der Waals surface area contributed by atoms with Gasteiger partial charge in [0.25, 0.3) is 0 Å². The lowest BCUT2D eigenvalue weighted by atomic mass is 10.0. The number of ether oxygens (including phenoxy) is 4. The number of rotatable bonds is 66. The standard InChI is InChI=1S/C95H148B2N18O25P2/c1-58(2)45-67(113-91(134)72(50-63-31-23-18-24-32-63)112-80(123)54-106-93(136)140-95(10,11)12)86(129)103-52-78(121)108-64(84(127)100-41-42-137-43-44-138-57-81(124)98-13)33-25-26-40-99-73(116)38-39-76(119)109-66(92(135)139-94(7,8)9)35-37-75(118)107-65(85(128)102-53-79(122)111-71(49-62-29-21-17-22-30-62)90(133)115-69(47-60(5)6)88(131)105-56-83(126)142(15)97)34-36-74(117)101-51-77(120)110-70(48-61-27-19-16-20-28-61)89(132)114-68(46-59(3)4)87(130)104-55-82(125)141(14)96/h16-24,27-32,58-60,64-72H,25-26,33-57,96-97H2,1-15H3,(H,98,124)(H,99,116)(H,100,127)(H,101,117)(H,102,128)(H,103,129)(H,104,130)(H,105,131)(H,106,136)(H,107,118)(H,108,121)(H,109,119)(H,110,120)(H,111,122)(H,112,123)(H,113,134)(H,114,132)(H,115,133). The molecule has 0 aromatic heterocycles. The molecule has 47 heteroatoms. The van der Waals surface area contributed by atoms with Crippen LogP contribution in [0.2, 0.25) is 0 Å². The summed E-state index contributed by atoms with van der Waals surface area (Å²) >= 11 is 0. The average molecular weight is 2030 g/mol. The zero-order chi connectivity index (χ0) is 106. The first-order valence-corrected chi connectivity index (χ1v) is 52.0. The maximum atomic E-state index is 14.4. The molecule has 784 valence electrons. The van der Waals surface area contributed by atoms with Crippen LogP contribution in [0.1, 0.15) is 177 Å². The van der Waals surface area contributed by atoms with Gasteiger partial charge in [-0.25, -0.2) is 9.59 Å². The van der Waals surface area contributed by atoms with E-state index < -0.39 is 252 Å². The SMILES string of the molecule is BP(C)C(=O)CNC(=O)C(CC(C)C)NC(=O)C(Cc1ccccc1)NC(=O)CNC(=O)CCC(NC(=O)CCC(NC(=O)CCC(=O)NCCCCC(NC(=O)CNC(=O)C(CC(C)C)NC(=O)C(Cc1ccccc1)NC(=O)CNC(=O)OC(C)(C)C)C(=O)NCCOCCOCC(=O)NC)C(=O)OC(C)(C)C)C(=O)NCC(=O)NC(Cc1ccccc1)C(=O)NC(CC(C)C)C(=O)NCC(=O)P(B)C. The summed E-state index contributed by atoms with van der Waals surface area (Å²) < 4.78 is 21.6. The summed E-state index contributed by atoms with van der Waals surface area (Å²) in [6, 6.07) is 13.9. The van der Waals surface area contributed by atoms with Crippen LogP contribution >= 0.6 is 15.6 Å². The summed E-state index contributed by atoms with van der Waals surface area (Å²) in [5, 5.41) is 46.4. The maximum absolute atomic E-state index is 14.4. The van der Waals surface area contributed by atoms with Crippen molar-refractivity contribution in [1.29, 1.82) is 0 Å². The third-order valence-corrected chi connectivity index (χ3v) is 22.9. The summed E-state index contributed by atoms with van der Waals surface area (Å²) in [6.45, 7) is 20.5. The molecule has 3 rings (SSSR count). The number of carbonyl (C=O) groups excluding carboxylic acids is 21. The van der Waals surface area contributed by atoms with Gasteiger partial charge in [-0.3, -0.25) is 91.1 Å². The van der Waals surface area contributed by atoms with E-state index in [4.69, 9.17) is 18.9 Å². The molecule has 0 saturated carbocycles. The molecule has 3 aromatic carbocycles. The van der Waals surface area contributed by atoms with Crippen molar-refractivity contribution in [1.82, 2.24) is 95.7 Å². The molecule has 3 aromatic rings. The van der Waals surface area contributed by atoms with Crippen molar-refractivity contribution in [2.75, 3.05) is 99.2 Å². The fraction of sp³-hybridized carbons (Fsp3) is 0.589. The van der Waals surface area contributed by atoms with Crippen molar-refractivity contribution in [3.05, 3.63) is 108 Å². The summed E-state index contributed by atoms with van der Waals surface area (Å²) in [5.41, 5.74) is -0.521. The van der Waals surface area contributed by atoms with Crippen molar-refractivity contribution < 1.29 is 120 Å². The lowest BCUT2D eigenvalue weighted by Crippen LogP contribution is -2.56. The minimum Gasteiger partial charge on any atom is -0.458 e. The first-order chi connectivity index (χ1) is 66.9. The van der Waals surface area contributed by atoms with Gasteiger partial charge in [0.1, 0.15) is 93.9 Å². The van der Waals surface area contributed by atoms with E-state index in [0.717, 1.165) is 0 Å². The molecule has 18 amide bonds. The number of carbonyl (C=O) groups is 21. The number of hydrogen-bond donors (Lipinski definition) is 18. The highest BCUT2D eigenvalue weighted by molar-refractivity contribution is 7.95. The molecule has 0 aliphatic rings. The Kier molecular flexibility index (Phi) is 57.9. The van der Waals surface area contributed by atoms with Crippen molar-refractivity contribution in [3.63, 3.8) is 0 Å². The molecule has 0 aliphatic heterocycles. The number of alkyl carbamates (subject to hydrolysis) is 1. The second-order valence-corrected chi connectivity index (χ2v) is 42.1. The summed E-state index contributed by atoms with van der Waals surface area (Å²) in [7, 11) is 2.86. The minimum absolute atomic E-state index is 0.00426. The van der Waals surface area contributed by atoms with Crippen LogP contribution in [0.4, 0.5) is 4.79 Å². The highest BCUT2D eigenvalue weighted by Gasteiger charge is 2.36. The molecule has 0 bridgehead atoms. The van der Waals surface area contributed by atoms with E-state index in [0.29, 0.717) is 16.7 Å². The highest BCUT2D eigenvalue weighted by Crippen LogP contribution is 2.25. The summed E-state index contributed by atoms with van der Waals surface area (Å²) in [6.07, 6.45) is -3.46. The Bertz CT molecular complexity index is 4650. The quantitative estimate of drug-likeness (QED) is 0.0133. The van der Waals surface area contributed by atoms with E-state index in [1.165, 1.54) is 7.05 Å². The van der Waals surface area contributed by atoms with Crippen LogP contribution in [-0.2, 0) is 134 Å². The van der Waals surface area contributed by atoms with E-state index in [-0.39, 0.29) is 145 Å². The lowest BCUT2D eigenvalue weighted by Gasteiger charge is -2.25. The molecule has 0 saturated heterocycles. The Hall–Kier alpha value is -12.4. The highest BCUT2D eigenvalue weighted by atomic mass is 31.1. The third kappa shape index (κ3) is 55.7. The van der Waals surface area contributed by atoms with Crippen molar-refractivity contribution in [2.24, 2.45) is 17.8 Å². The Morgan fingerprint density at radius 2 is 0.641 bits per heavy atom. The normalized spacial score (nSPS) is 13.5. The van der Waals surface area contributed by atoms with Gasteiger partial charge in [0.2, 0.25) is 100 Å². The monoisotopic (exact) mass is 2030 g/mol. The van der Waals surface area contributed by atoms with Gasteiger partial charge in [-0.2, -0.15) is 0 Å². The Balaban J connectivity index is 1.86. The number of esters is 1. The lowest BCUT2D eigenvalue weighted by molar-refractivity contribution is -0.159. The van der Waals surface area contributed by atoms with E-state index in [1.54, 1.807) is 175 Å².